The predicted molar refractivity (Wildman–Crippen MR) is 130 cm³/mol. The van der Waals surface area contributed by atoms with Crippen molar-refractivity contribution in [3.05, 3.63) is 81.9 Å². The fourth-order valence-electron chi connectivity index (χ4n) is 5.73. The molecule has 34 heavy (non-hydrogen) atoms. The van der Waals surface area contributed by atoms with Gasteiger partial charge in [0.25, 0.3) is 0 Å². The minimum Gasteiger partial charge on any atom is -0.316 e. The zero-order valence-corrected chi connectivity index (χ0v) is 20.0. The molecule has 1 saturated heterocycles. The van der Waals surface area contributed by atoms with Crippen LogP contribution in [0, 0.1) is 35.9 Å². The van der Waals surface area contributed by atoms with Crippen molar-refractivity contribution >= 4 is 11.6 Å². The van der Waals surface area contributed by atoms with Crippen LogP contribution in [-0.4, -0.2) is 22.9 Å². The Morgan fingerprint density at radius 3 is 2.82 bits per heavy atom. The van der Waals surface area contributed by atoms with Gasteiger partial charge in [-0.1, -0.05) is 29.8 Å². The number of halogens is 2. The first kappa shape index (κ1) is 23.0. The van der Waals surface area contributed by atoms with Gasteiger partial charge in [0.2, 0.25) is 0 Å². The molecule has 0 bridgehead atoms. The number of nitriles is 1. The van der Waals surface area contributed by atoms with Crippen molar-refractivity contribution in [2.24, 2.45) is 11.8 Å². The summed E-state index contributed by atoms with van der Waals surface area (Å²) >= 11 is 6.36. The smallest absolute Gasteiger partial charge is 0.127 e. The molecule has 2 aliphatic rings. The van der Waals surface area contributed by atoms with Crippen LogP contribution in [0.1, 0.15) is 47.1 Å². The maximum absolute atomic E-state index is 15.3. The van der Waals surface area contributed by atoms with Crippen molar-refractivity contribution in [2.75, 3.05) is 7.05 Å². The third-order valence-electron chi connectivity index (χ3n) is 7.26. The summed E-state index contributed by atoms with van der Waals surface area (Å²) in [7, 11) is 1.85. The number of aromatic nitrogens is 2. The first-order valence-electron chi connectivity index (χ1n) is 11.6. The molecule has 5 rings (SSSR count). The maximum atomic E-state index is 15.3. The van der Waals surface area contributed by atoms with E-state index in [1.165, 1.54) is 0 Å². The van der Waals surface area contributed by atoms with Gasteiger partial charge in [0.15, 0.2) is 0 Å². The van der Waals surface area contributed by atoms with Crippen molar-refractivity contribution in [1.82, 2.24) is 25.9 Å². The Balaban J connectivity index is 1.44. The molecule has 1 aliphatic heterocycles. The van der Waals surface area contributed by atoms with Gasteiger partial charge in [0.05, 0.1) is 34.9 Å². The van der Waals surface area contributed by atoms with Crippen LogP contribution in [0.5, 0.6) is 0 Å². The summed E-state index contributed by atoms with van der Waals surface area (Å²) < 4.78 is 17.1. The lowest BCUT2D eigenvalue weighted by atomic mass is 9.67. The lowest BCUT2D eigenvalue weighted by Gasteiger charge is -2.37. The molecule has 2 fully saturated rings. The van der Waals surface area contributed by atoms with Gasteiger partial charge in [-0.25, -0.2) is 14.5 Å². The van der Waals surface area contributed by atoms with Crippen LogP contribution in [0.25, 0.3) is 5.69 Å². The monoisotopic (exact) mass is 478 g/mol. The minimum absolute atomic E-state index is 0.00955. The van der Waals surface area contributed by atoms with E-state index in [-0.39, 0.29) is 35.7 Å². The third kappa shape index (κ3) is 4.12. The summed E-state index contributed by atoms with van der Waals surface area (Å²) in [5.41, 5.74) is 11.2. The van der Waals surface area contributed by atoms with Gasteiger partial charge in [-0.3, -0.25) is 5.43 Å². The fraction of sp³-hybridized carbons (Fsp3) is 0.385. The molecule has 0 radical (unpaired) electrons. The number of benzene rings is 2. The highest BCUT2D eigenvalue weighted by Gasteiger charge is 2.46. The molecule has 0 spiro atoms. The molecule has 5 atom stereocenters. The lowest BCUT2D eigenvalue weighted by molar-refractivity contribution is 0.234. The second kappa shape index (κ2) is 9.47. The summed E-state index contributed by atoms with van der Waals surface area (Å²) in [6.45, 7) is 2.56. The van der Waals surface area contributed by atoms with Gasteiger partial charge in [-0.15, -0.1) is 0 Å². The van der Waals surface area contributed by atoms with Crippen molar-refractivity contribution in [2.45, 2.75) is 44.3 Å². The third-order valence-corrected chi connectivity index (χ3v) is 7.58. The van der Waals surface area contributed by atoms with E-state index in [1.807, 2.05) is 56.7 Å². The average molecular weight is 479 g/mol. The number of rotatable bonds is 5. The lowest BCUT2D eigenvalue weighted by Crippen LogP contribution is -2.39. The van der Waals surface area contributed by atoms with Gasteiger partial charge in [-0.05, 0) is 67.6 Å². The molecular formula is C26H28ClFN6. The normalized spacial score (nSPS) is 26.3. The van der Waals surface area contributed by atoms with Crippen molar-refractivity contribution < 1.29 is 4.39 Å². The van der Waals surface area contributed by atoms with Crippen molar-refractivity contribution in [3.63, 3.8) is 0 Å². The summed E-state index contributed by atoms with van der Waals surface area (Å²) in [4.78, 5) is 0. The Hall–Kier alpha value is -2.76. The summed E-state index contributed by atoms with van der Waals surface area (Å²) in [6, 6.07) is 13.9. The number of hydrazine groups is 1. The van der Waals surface area contributed by atoms with E-state index >= 15 is 4.39 Å². The molecule has 2 aromatic carbocycles. The van der Waals surface area contributed by atoms with Gasteiger partial charge in [0.1, 0.15) is 5.82 Å². The van der Waals surface area contributed by atoms with Crippen molar-refractivity contribution in [3.8, 4) is 11.8 Å². The van der Waals surface area contributed by atoms with Crippen LogP contribution in [0.4, 0.5) is 4.39 Å². The Kier molecular flexibility index (Phi) is 6.41. The van der Waals surface area contributed by atoms with Gasteiger partial charge in [0, 0.05) is 30.3 Å². The van der Waals surface area contributed by atoms with E-state index in [1.54, 1.807) is 10.7 Å². The predicted octanol–water partition coefficient (Wildman–Crippen LogP) is 4.54. The molecule has 1 saturated carbocycles. The second-order valence-corrected chi connectivity index (χ2v) is 9.77. The van der Waals surface area contributed by atoms with Crippen LogP contribution < -0.4 is 16.2 Å². The highest BCUT2D eigenvalue weighted by molar-refractivity contribution is 6.32. The maximum Gasteiger partial charge on any atom is 0.127 e. The molecule has 0 amide bonds. The standard InChI is InChI=1S/C26H28ClFN6/c1-15-7-16(12-30-2)8-22(28)25(15)19-10-20-23(9-17(19)11-29)32-33-26(20)18-13-31-34(14-18)24-6-4-3-5-21(24)27/h3-8,13-14,17,19-20,23,26,30,32-33H,9-10,12H2,1-2H3. The van der Waals surface area contributed by atoms with E-state index in [4.69, 9.17) is 11.6 Å². The first-order valence-corrected chi connectivity index (χ1v) is 12.0. The molecule has 1 aromatic heterocycles. The SMILES string of the molecule is CNCc1cc(C)c(C2CC3C(CC2C#N)NNC3c2cnn(-c3ccccc3Cl)c2)c(F)c1. The number of aryl methyl sites for hydroxylation is 1. The number of hydrogen-bond donors (Lipinski definition) is 3. The molecule has 2 heterocycles. The fourth-order valence-corrected chi connectivity index (χ4v) is 5.96. The van der Waals surface area contributed by atoms with E-state index in [0.717, 1.165) is 22.4 Å². The Morgan fingerprint density at radius 1 is 1.26 bits per heavy atom. The number of hydrogen-bond acceptors (Lipinski definition) is 5. The topological polar surface area (TPSA) is 77.7 Å². The molecule has 3 aromatic rings. The zero-order chi connectivity index (χ0) is 23.8. The number of nitrogens with zero attached hydrogens (tertiary/aromatic N) is 3. The average Bonchev–Trinajstić information content (AvgIpc) is 3.45. The summed E-state index contributed by atoms with van der Waals surface area (Å²) in [5, 5.41) is 18.2. The molecule has 8 heteroatoms. The van der Waals surface area contributed by atoms with Gasteiger partial charge in [-0.2, -0.15) is 10.4 Å². The molecule has 3 N–H and O–H groups in total. The molecule has 1 aliphatic carbocycles. The number of fused-ring (bicyclic) bond motifs is 1. The number of nitrogens with one attached hydrogen (secondary N) is 3. The van der Waals surface area contributed by atoms with Gasteiger partial charge < -0.3 is 5.32 Å². The molecule has 6 nitrogen and oxygen atoms in total. The second-order valence-electron chi connectivity index (χ2n) is 9.36. The van der Waals surface area contributed by atoms with E-state index in [2.05, 4.69) is 27.3 Å². The Bertz CT molecular complexity index is 1210. The summed E-state index contributed by atoms with van der Waals surface area (Å²) in [5.74, 6) is -0.411. The highest BCUT2D eigenvalue weighted by Crippen LogP contribution is 2.48. The quantitative estimate of drug-likeness (QED) is 0.501. The molecule has 5 unspecified atom stereocenters. The first-order chi connectivity index (χ1) is 16.5. The van der Waals surface area contributed by atoms with Crippen molar-refractivity contribution in [1.29, 1.82) is 5.26 Å². The van der Waals surface area contributed by atoms with Gasteiger partial charge >= 0.3 is 0 Å². The van der Waals surface area contributed by atoms with Crippen LogP contribution in [-0.2, 0) is 6.54 Å². The molecular weight excluding hydrogens is 451 g/mol. The highest BCUT2D eigenvalue weighted by atomic mass is 35.5. The Labute approximate surface area is 204 Å². The van der Waals surface area contributed by atoms with E-state index in [9.17, 15) is 5.26 Å². The summed E-state index contributed by atoms with van der Waals surface area (Å²) in [6.07, 6.45) is 5.24. The minimum atomic E-state index is -0.247. The van der Waals surface area contributed by atoms with Crippen LogP contribution in [0.2, 0.25) is 5.02 Å². The zero-order valence-electron chi connectivity index (χ0n) is 19.2. The largest absolute Gasteiger partial charge is 0.316 e. The number of para-hydroxylation sites is 1. The molecule has 176 valence electrons. The van der Waals surface area contributed by atoms with Crippen LogP contribution in [0.15, 0.2) is 48.8 Å². The van der Waals surface area contributed by atoms with E-state index < -0.39 is 0 Å². The van der Waals surface area contributed by atoms with E-state index in [0.29, 0.717) is 30.0 Å². The van der Waals surface area contributed by atoms with Crippen LogP contribution in [0.3, 0.4) is 0 Å². The Morgan fingerprint density at radius 2 is 2.09 bits per heavy atom. The van der Waals surface area contributed by atoms with Crippen LogP contribution >= 0.6 is 11.6 Å².